The first-order valence-electron chi connectivity index (χ1n) is 5.62. The van der Waals surface area contributed by atoms with E-state index >= 15 is 0 Å². The number of nitrogens with zero attached hydrogens (tertiary/aromatic N) is 1. The topological polar surface area (TPSA) is 96.6 Å². The van der Waals surface area contributed by atoms with Crippen LogP contribution in [0.3, 0.4) is 0 Å². The molecule has 0 spiro atoms. The van der Waals surface area contributed by atoms with Crippen molar-refractivity contribution in [3.63, 3.8) is 0 Å². The number of sulfonamides is 1. The zero-order chi connectivity index (χ0) is 13.2. The summed E-state index contributed by atoms with van der Waals surface area (Å²) in [6.07, 6.45) is 0. The SMILES string of the molecule is CC1CN=C(NCc2cccc(S(N)(=O)=O)c2)N1. The molecule has 1 aromatic carbocycles. The standard InChI is InChI=1S/C11H16N4O2S/c1-8-6-13-11(15-8)14-7-9-3-2-4-10(5-9)18(12,16)17/h2-5,8H,6-7H2,1H3,(H2,12,16,17)(H2,13,14,15). The molecule has 18 heavy (non-hydrogen) atoms. The fourth-order valence-corrected chi connectivity index (χ4v) is 2.26. The summed E-state index contributed by atoms with van der Waals surface area (Å²) in [5, 5.41) is 11.4. The molecule has 0 aliphatic carbocycles. The normalized spacial score (nSPS) is 19.2. The van der Waals surface area contributed by atoms with Crippen LogP contribution in [0.4, 0.5) is 0 Å². The lowest BCUT2D eigenvalue weighted by atomic mass is 10.2. The predicted molar refractivity (Wildman–Crippen MR) is 69.6 cm³/mol. The first-order chi connectivity index (χ1) is 8.45. The van der Waals surface area contributed by atoms with E-state index in [1.807, 2.05) is 13.0 Å². The fraction of sp³-hybridized carbons (Fsp3) is 0.364. The molecular formula is C11H16N4O2S. The largest absolute Gasteiger partial charge is 0.352 e. The third kappa shape index (κ3) is 3.21. The summed E-state index contributed by atoms with van der Waals surface area (Å²) >= 11 is 0. The summed E-state index contributed by atoms with van der Waals surface area (Å²) in [4.78, 5) is 4.38. The van der Waals surface area contributed by atoms with Gasteiger partial charge in [-0.15, -0.1) is 0 Å². The lowest BCUT2D eigenvalue weighted by molar-refractivity contribution is 0.597. The molecule has 1 unspecified atom stereocenters. The van der Waals surface area contributed by atoms with Gasteiger partial charge in [-0.05, 0) is 24.6 Å². The van der Waals surface area contributed by atoms with Gasteiger partial charge in [-0.2, -0.15) is 0 Å². The van der Waals surface area contributed by atoms with Gasteiger partial charge in [0.05, 0.1) is 11.4 Å². The Balaban J connectivity index is 2.02. The van der Waals surface area contributed by atoms with E-state index in [0.29, 0.717) is 12.6 Å². The van der Waals surface area contributed by atoms with Crippen molar-refractivity contribution in [2.75, 3.05) is 6.54 Å². The summed E-state index contributed by atoms with van der Waals surface area (Å²) in [7, 11) is -3.65. The summed E-state index contributed by atoms with van der Waals surface area (Å²) in [5.74, 6) is 0.739. The van der Waals surface area contributed by atoms with Crippen LogP contribution >= 0.6 is 0 Å². The lowest BCUT2D eigenvalue weighted by Crippen LogP contribution is -2.37. The van der Waals surface area contributed by atoms with Crippen LogP contribution < -0.4 is 15.8 Å². The van der Waals surface area contributed by atoms with E-state index in [9.17, 15) is 8.42 Å². The Hall–Kier alpha value is -1.60. The first kappa shape index (κ1) is 12.8. The van der Waals surface area contributed by atoms with E-state index in [4.69, 9.17) is 5.14 Å². The molecule has 2 rings (SSSR count). The van der Waals surface area contributed by atoms with Gasteiger partial charge in [0.15, 0.2) is 5.96 Å². The Bertz CT molecular complexity index is 568. The zero-order valence-electron chi connectivity index (χ0n) is 10.1. The number of benzene rings is 1. The van der Waals surface area contributed by atoms with Crippen molar-refractivity contribution < 1.29 is 8.42 Å². The molecule has 0 aromatic heterocycles. The van der Waals surface area contributed by atoms with Crippen molar-refractivity contribution in [1.82, 2.24) is 10.6 Å². The average molecular weight is 268 g/mol. The smallest absolute Gasteiger partial charge is 0.238 e. The highest BCUT2D eigenvalue weighted by atomic mass is 32.2. The van der Waals surface area contributed by atoms with E-state index in [0.717, 1.165) is 18.1 Å². The highest BCUT2D eigenvalue weighted by Crippen LogP contribution is 2.09. The maximum atomic E-state index is 11.2. The Morgan fingerprint density at radius 3 is 2.94 bits per heavy atom. The second kappa shape index (κ2) is 4.95. The van der Waals surface area contributed by atoms with Crippen LogP contribution in [0.5, 0.6) is 0 Å². The molecule has 0 bridgehead atoms. The van der Waals surface area contributed by atoms with Crippen molar-refractivity contribution >= 4 is 16.0 Å². The molecule has 1 atom stereocenters. The highest BCUT2D eigenvalue weighted by molar-refractivity contribution is 7.89. The third-order valence-corrected chi connectivity index (χ3v) is 3.50. The second-order valence-electron chi connectivity index (χ2n) is 4.28. The number of nitrogens with one attached hydrogen (secondary N) is 2. The van der Waals surface area contributed by atoms with Crippen molar-refractivity contribution in [2.45, 2.75) is 24.4 Å². The number of primary sulfonamides is 1. The molecule has 1 aromatic rings. The van der Waals surface area contributed by atoms with Crippen LogP contribution in [0.1, 0.15) is 12.5 Å². The van der Waals surface area contributed by atoms with Crippen molar-refractivity contribution in [3.8, 4) is 0 Å². The Kier molecular flexibility index (Phi) is 3.53. The maximum Gasteiger partial charge on any atom is 0.238 e. The third-order valence-electron chi connectivity index (χ3n) is 2.59. The second-order valence-corrected chi connectivity index (χ2v) is 5.84. The molecular weight excluding hydrogens is 252 g/mol. The zero-order valence-corrected chi connectivity index (χ0v) is 10.9. The first-order valence-corrected chi connectivity index (χ1v) is 7.16. The number of nitrogens with two attached hydrogens (primary N) is 1. The number of aliphatic imine (C=N–C) groups is 1. The molecule has 0 fully saturated rings. The molecule has 1 aliphatic rings. The molecule has 0 amide bonds. The van der Waals surface area contributed by atoms with Crippen LogP contribution in [-0.4, -0.2) is 27.0 Å². The maximum absolute atomic E-state index is 11.2. The van der Waals surface area contributed by atoms with Gasteiger partial charge in [0.1, 0.15) is 0 Å². The summed E-state index contributed by atoms with van der Waals surface area (Å²) < 4.78 is 22.4. The summed E-state index contributed by atoms with van der Waals surface area (Å²) in [6, 6.07) is 6.88. The quantitative estimate of drug-likeness (QED) is 0.705. The minimum Gasteiger partial charge on any atom is -0.352 e. The van der Waals surface area contributed by atoms with Crippen LogP contribution in [0.15, 0.2) is 34.2 Å². The molecule has 1 aliphatic heterocycles. The van der Waals surface area contributed by atoms with Gasteiger partial charge in [-0.1, -0.05) is 12.1 Å². The average Bonchev–Trinajstić information content (AvgIpc) is 2.72. The van der Waals surface area contributed by atoms with Gasteiger partial charge in [-0.25, -0.2) is 13.6 Å². The number of guanidine groups is 1. The van der Waals surface area contributed by atoms with Crippen molar-refractivity contribution in [2.24, 2.45) is 10.1 Å². The van der Waals surface area contributed by atoms with E-state index in [2.05, 4.69) is 15.6 Å². The van der Waals surface area contributed by atoms with Crippen LogP contribution in [-0.2, 0) is 16.6 Å². The van der Waals surface area contributed by atoms with E-state index in [1.54, 1.807) is 12.1 Å². The molecule has 98 valence electrons. The van der Waals surface area contributed by atoms with E-state index < -0.39 is 10.0 Å². The highest BCUT2D eigenvalue weighted by Gasteiger charge is 2.12. The van der Waals surface area contributed by atoms with Gasteiger partial charge < -0.3 is 10.6 Å². The summed E-state index contributed by atoms with van der Waals surface area (Å²) in [5.41, 5.74) is 0.838. The molecule has 1 heterocycles. The minimum atomic E-state index is -3.65. The molecule has 7 heteroatoms. The van der Waals surface area contributed by atoms with Gasteiger partial charge in [0, 0.05) is 12.6 Å². The number of hydrogen-bond acceptors (Lipinski definition) is 5. The summed E-state index contributed by atoms with van der Waals surface area (Å²) in [6.45, 7) is 3.29. The lowest BCUT2D eigenvalue weighted by Gasteiger charge is -2.09. The van der Waals surface area contributed by atoms with Crippen LogP contribution in [0.25, 0.3) is 0 Å². The minimum absolute atomic E-state index is 0.122. The van der Waals surface area contributed by atoms with Crippen LogP contribution in [0, 0.1) is 0 Å². The molecule has 6 nitrogen and oxygen atoms in total. The number of rotatable bonds is 3. The van der Waals surface area contributed by atoms with Gasteiger partial charge in [0.2, 0.25) is 10.0 Å². The van der Waals surface area contributed by atoms with Crippen molar-refractivity contribution in [1.29, 1.82) is 0 Å². The molecule has 0 saturated heterocycles. The van der Waals surface area contributed by atoms with Gasteiger partial charge in [-0.3, -0.25) is 4.99 Å². The fourth-order valence-electron chi connectivity index (χ4n) is 1.68. The molecule has 0 radical (unpaired) electrons. The van der Waals surface area contributed by atoms with Crippen molar-refractivity contribution in [3.05, 3.63) is 29.8 Å². The van der Waals surface area contributed by atoms with E-state index in [-0.39, 0.29) is 4.90 Å². The number of hydrogen-bond donors (Lipinski definition) is 3. The van der Waals surface area contributed by atoms with Gasteiger partial charge in [0.25, 0.3) is 0 Å². The monoisotopic (exact) mass is 268 g/mol. The van der Waals surface area contributed by atoms with Crippen LogP contribution in [0.2, 0.25) is 0 Å². The Labute approximate surface area is 106 Å². The molecule has 4 N–H and O–H groups in total. The predicted octanol–water partition coefficient (Wildman–Crippen LogP) is -0.229. The Morgan fingerprint density at radius 1 is 1.56 bits per heavy atom. The van der Waals surface area contributed by atoms with Gasteiger partial charge >= 0.3 is 0 Å². The van der Waals surface area contributed by atoms with E-state index in [1.165, 1.54) is 6.07 Å². The molecule has 0 saturated carbocycles. The Morgan fingerprint density at radius 2 is 2.33 bits per heavy atom.